The normalized spacial score (nSPS) is 33.8. The van der Waals surface area contributed by atoms with E-state index in [1.54, 1.807) is 0 Å². The number of fused-ring (bicyclic) bond motifs is 2. The maximum absolute atomic E-state index is 13.0. The van der Waals surface area contributed by atoms with Gasteiger partial charge in [-0.2, -0.15) is 5.10 Å². The number of benzene rings is 1. The molecule has 0 spiro atoms. The summed E-state index contributed by atoms with van der Waals surface area (Å²) in [5.41, 5.74) is 1.53. The van der Waals surface area contributed by atoms with Crippen LogP contribution in [0.5, 0.6) is 0 Å². The van der Waals surface area contributed by atoms with E-state index in [1.807, 2.05) is 24.3 Å². The summed E-state index contributed by atoms with van der Waals surface area (Å²) < 4.78 is 0. The summed E-state index contributed by atoms with van der Waals surface area (Å²) in [6.45, 7) is 4.35. The second-order valence-corrected chi connectivity index (χ2v) is 6.61. The summed E-state index contributed by atoms with van der Waals surface area (Å²) in [5.74, 6) is 1.49. The second kappa shape index (κ2) is 4.07. The van der Waals surface area contributed by atoms with Crippen molar-refractivity contribution in [2.24, 2.45) is 11.8 Å². The molecule has 108 valence electrons. The molecule has 4 fully saturated rings. The number of nitrogens with zero attached hydrogens (tertiary/aromatic N) is 3. The first-order valence-corrected chi connectivity index (χ1v) is 7.78. The van der Waals surface area contributed by atoms with Crippen molar-refractivity contribution in [3.8, 4) is 0 Å². The van der Waals surface area contributed by atoms with Crippen molar-refractivity contribution in [1.82, 2.24) is 20.0 Å². The highest BCUT2D eigenvalue weighted by molar-refractivity contribution is 6.04. The number of aromatic amines is 1. The van der Waals surface area contributed by atoms with Gasteiger partial charge in [0.2, 0.25) is 0 Å². The van der Waals surface area contributed by atoms with Crippen LogP contribution in [0.1, 0.15) is 16.9 Å². The summed E-state index contributed by atoms with van der Waals surface area (Å²) in [6, 6.07) is 8.27. The van der Waals surface area contributed by atoms with E-state index in [2.05, 4.69) is 20.0 Å². The van der Waals surface area contributed by atoms with Crippen molar-refractivity contribution < 1.29 is 4.79 Å². The lowest BCUT2D eigenvalue weighted by atomic mass is 9.80. The average molecular weight is 282 g/mol. The van der Waals surface area contributed by atoms with Gasteiger partial charge >= 0.3 is 0 Å². The molecule has 6 rings (SSSR count). The molecule has 4 saturated heterocycles. The monoisotopic (exact) mass is 282 g/mol. The molecule has 1 aromatic carbocycles. The molecular formula is C16H18N4O. The van der Waals surface area contributed by atoms with Crippen LogP contribution < -0.4 is 0 Å². The second-order valence-electron chi connectivity index (χ2n) is 6.61. The Kier molecular flexibility index (Phi) is 2.28. The van der Waals surface area contributed by atoms with Gasteiger partial charge in [-0.1, -0.05) is 18.2 Å². The number of carbonyl (C=O) groups excluding carboxylic acids is 1. The first kappa shape index (κ1) is 11.7. The summed E-state index contributed by atoms with van der Waals surface area (Å²) >= 11 is 0. The first-order valence-electron chi connectivity index (χ1n) is 7.78. The van der Waals surface area contributed by atoms with Gasteiger partial charge in [-0.25, -0.2) is 0 Å². The lowest BCUT2D eigenvalue weighted by molar-refractivity contribution is 0.0420. The summed E-state index contributed by atoms with van der Waals surface area (Å²) in [6.07, 6.45) is 1.25. The Morgan fingerprint density at radius 1 is 1.24 bits per heavy atom. The van der Waals surface area contributed by atoms with Crippen molar-refractivity contribution in [2.75, 3.05) is 26.2 Å². The Hall–Kier alpha value is -1.88. The Labute approximate surface area is 122 Å². The first-order chi connectivity index (χ1) is 10.3. The third-order valence-electron chi connectivity index (χ3n) is 5.58. The predicted octanol–water partition coefficient (Wildman–Crippen LogP) is 1.34. The molecular weight excluding hydrogens is 264 g/mol. The molecule has 5 heterocycles. The fourth-order valence-electron chi connectivity index (χ4n) is 4.60. The number of para-hydroxylation sites is 1. The maximum atomic E-state index is 13.0. The van der Waals surface area contributed by atoms with Crippen molar-refractivity contribution in [2.45, 2.75) is 12.5 Å². The van der Waals surface area contributed by atoms with Crippen LogP contribution in [-0.2, 0) is 0 Å². The molecule has 0 saturated carbocycles. The maximum Gasteiger partial charge on any atom is 0.275 e. The number of aromatic nitrogens is 2. The molecule has 5 nitrogen and oxygen atoms in total. The molecule has 1 unspecified atom stereocenters. The minimum absolute atomic E-state index is 0.105. The smallest absolute Gasteiger partial charge is 0.275 e. The number of likely N-dealkylation sites (tertiary alicyclic amines) is 1. The van der Waals surface area contributed by atoms with Gasteiger partial charge in [0.25, 0.3) is 5.91 Å². The minimum Gasteiger partial charge on any atom is -0.332 e. The molecule has 1 N–H and O–H groups in total. The van der Waals surface area contributed by atoms with Crippen molar-refractivity contribution >= 4 is 16.8 Å². The zero-order chi connectivity index (χ0) is 14.0. The zero-order valence-electron chi connectivity index (χ0n) is 11.8. The molecule has 4 aliphatic heterocycles. The number of piperidine rings is 3. The van der Waals surface area contributed by atoms with E-state index in [4.69, 9.17) is 0 Å². The van der Waals surface area contributed by atoms with Gasteiger partial charge in [0, 0.05) is 31.1 Å². The van der Waals surface area contributed by atoms with E-state index in [0.717, 1.165) is 24.0 Å². The number of rotatable bonds is 1. The quantitative estimate of drug-likeness (QED) is 0.859. The molecule has 21 heavy (non-hydrogen) atoms. The predicted molar refractivity (Wildman–Crippen MR) is 79.0 cm³/mol. The third kappa shape index (κ3) is 1.55. The van der Waals surface area contributed by atoms with Crippen molar-refractivity contribution in [3.63, 3.8) is 0 Å². The van der Waals surface area contributed by atoms with Gasteiger partial charge in [0.15, 0.2) is 5.69 Å². The molecule has 4 bridgehead atoms. The van der Waals surface area contributed by atoms with Crippen molar-refractivity contribution in [1.29, 1.82) is 0 Å². The van der Waals surface area contributed by atoms with E-state index in [-0.39, 0.29) is 5.91 Å². The molecule has 2 aromatic rings. The van der Waals surface area contributed by atoms with Gasteiger partial charge in [0.05, 0.1) is 5.52 Å². The van der Waals surface area contributed by atoms with E-state index < -0.39 is 0 Å². The highest BCUT2D eigenvalue weighted by atomic mass is 16.2. The van der Waals surface area contributed by atoms with Crippen LogP contribution in [0.4, 0.5) is 0 Å². The third-order valence-corrected chi connectivity index (χ3v) is 5.58. The highest BCUT2D eigenvalue weighted by Gasteiger charge is 2.51. The van der Waals surface area contributed by atoms with Crippen molar-refractivity contribution in [3.05, 3.63) is 30.0 Å². The summed E-state index contributed by atoms with van der Waals surface area (Å²) in [4.78, 5) is 17.6. The van der Waals surface area contributed by atoms with Crippen LogP contribution >= 0.6 is 0 Å². The summed E-state index contributed by atoms with van der Waals surface area (Å²) in [7, 11) is 0. The lowest BCUT2D eigenvalue weighted by Crippen LogP contribution is -2.54. The van der Waals surface area contributed by atoms with E-state index >= 15 is 0 Å². The molecule has 1 aromatic heterocycles. The molecule has 0 radical (unpaired) electrons. The number of nitrogens with one attached hydrogen (secondary N) is 1. The Balaban J connectivity index is 1.52. The average Bonchev–Trinajstić information content (AvgIpc) is 3.06. The highest BCUT2D eigenvalue weighted by Crippen LogP contribution is 2.42. The number of H-pyrrole nitrogens is 1. The number of hydrogen-bond acceptors (Lipinski definition) is 3. The van der Waals surface area contributed by atoms with E-state index in [0.29, 0.717) is 23.6 Å². The fraction of sp³-hybridized carbons (Fsp3) is 0.500. The van der Waals surface area contributed by atoms with Gasteiger partial charge in [-0.3, -0.25) is 9.89 Å². The van der Waals surface area contributed by atoms with Crippen LogP contribution in [0.3, 0.4) is 0 Å². The molecule has 4 atom stereocenters. The molecule has 5 heteroatoms. The molecule has 0 aliphatic carbocycles. The molecule has 4 aliphatic rings. The van der Waals surface area contributed by atoms with E-state index in [9.17, 15) is 4.79 Å². The van der Waals surface area contributed by atoms with Gasteiger partial charge in [0.1, 0.15) is 0 Å². The lowest BCUT2D eigenvalue weighted by Gasteiger charge is -2.44. The number of amides is 1. The van der Waals surface area contributed by atoms with Gasteiger partial charge in [-0.05, 0) is 30.9 Å². The Morgan fingerprint density at radius 2 is 2.14 bits per heavy atom. The van der Waals surface area contributed by atoms with Crippen LogP contribution in [0.15, 0.2) is 24.3 Å². The van der Waals surface area contributed by atoms with Gasteiger partial charge in [-0.15, -0.1) is 0 Å². The van der Waals surface area contributed by atoms with E-state index in [1.165, 1.54) is 19.5 Å². The standard InChI is InChI=1S/C16H18N4O/c21-16(15-12-3-1-2-4-13(12)17-18-15)20-8-10-7-19-6-5-11(10)14(20)9-19/h1-4,10-11,14H,5-9H2,(H,17,18)/t10-,11-,14?/m0/s1. The number of hydrogen-bond donors (Lipinski definition) is 1. The summed E-state index contributed by atoms with van der Waals surface area (Å²) in [5, 5.41) is 8.20. The Morgan fingerprint density at radius 3 is 3.00 bits per heavy atom. The fourth-order valence-corrected chi connectivity index (χ4v) is 4.60. The van der Waals surface area contributed by atoms with Crippen LogP contribution in [-0.4, -0.2) is 58.1 Å². The van der Waals surface area contributed by atoms with Crippen LogP contribution in [0.25, 0.3) is 10.9 Å². The zero-order valence-corrected chi connectivity index (χ0v) is 11.8. The van der Waals surface area contributed by atoms with Crippen LogP contribution in [0.2, 0.25) is 0 Å². The topological polar surface area (TPSA) is 52.2 Å². The van der Waals surface area contributed by atoms with Gasteiger partial charge < -0.3 is 9.80 Å². The number of carbonyl (C=O) groups is 1. The van der Waals surface area contributed by atoms with Crippen LogP contribution in [0, 0.1) is 11.8 Å². The largest absolute Gasteiger partial charge is 0.332 e. The molecule has 1 amide bonds. The Bertz CT molecular complexity index is 724. The SMILES string of the molecule is O=C(c1n[nH]c2ccccc12)N1C[C@@H]2C[N@@]3CC[C@@H]2C1C3. The minimum atomic E-state index is 0.105.